The molecule has 0 heterocycles. The summed E-state index contributed by atoms with van der Waals surface area (Å²) in [7, 11) is 0. The fourth-order valence-electron chi connectivity index (χ4n) is 3.10. The molecule has 0 amide bonds. The van der Waals surface area contributed by atoms with Crippen LogP contribution in [0.1, 0.15) is 56.1 Å². The first-order valence-electron chi connectivity index (χ1n) is 8.01. The van der Waals surface area contributed by atoms with Crippen molar-refractivity contribution in [2.45, 2.75) is 64.3 Å². The molecule has 1 aliphatic rings. The molecule has 0 bridgehead atoms. The number of hydrazine groups is 1. The van der Waals surface area contributed by atoms with Gasteiger partial charge in [0, 0.05) is 6.04 Å². The van der Waals surface area contributed by atoms with E-state index in [1.807, 2.05) is 0 Å². The zero-order chi connectivity index (χ0) is 14.2. The van der Waals surface area contributed by atoms with Gasteiger partial charge in [-0.3, -0.25) is 11.3 Å². The number of nitrogens with two attached hydrogens (primary N) is 1. The van der Waals surface area contributed by atoms with Crippen LogP contribution in [0.5, 0.6) is 0 Å². The van der Waals surface area contributed by atoms with Crippen molar-refractivity contribution in [2.24, 2.45) is 5.84 Å². The maximum atomic E-state index is 5.81. The molecule has 0 aromatic heterocycles. The van der Waals surface area contributed by atoms with Gasteiger partial charge in [-0.25, -0.2) is 0 Å². The van der Waals surface area contributed by atoms with E-state index >= 15 is 0 Å². The zero-order valence-corrected chi connectivity index (χ0v) is 12.7. The summed E-state index contributed by atoms with van der Waals surface area (Å²) in [4.78, 5) is 0. The minimum absolute atomic E-state index is 0.340. The second kappa shape index (κ2) is 8.23. The van der Waals surface area contributed by atoms with E-state index in [1.54, 1.807) is 0 Å². The fraction of sp³-hybridized carbons (Fsp3) is 0.556. The molecule has 2 nitrogen and oxygen atoms in total. The van der Waals surface area contributed by atoms with Gasteiger partial charge in [0.05, 0.1) is 0 Å². The van der Waals surface area contributed by atoms with Crippen molar-refractivity contribution < 1.29 is 0 Å². The lowest BCUT2D eigenvalue weighted by molar-refractivity contribution is 0.513. The third-order valence-corrected chi connectivity index (χ3v) is 4.44. The van der Waals surface area contributed by atoms with Gasteiger partial charge in [-0.1, -0.05) is 48.8 Å². The highest BCUT2D eigenvalue weighted by atomic mass is 15.2. The molecule has 1 unspecified atom stereocenters. The van der Waals surface area contributed by atoms with Crippen molar-refractivity contribution in [3.8, 4) is 0 Å². The molecule has 1 aromatic rings. The molecule has 1 atom stereocenters. The van der Waals surface area contributed by atoms with Gasteiger partial charge < -0.3 is 0 Å². The molecule has 0 fully saturated rings. The standard InChI is InChI=1S/C18H28N2/c1-15-9-7-8-10-16(15)13-14-18(20-19)17-11-5-3-2-4-6-12-17/h7-11,18,20H,2-6,12-14,19H2,1H3/b17-11+. The van der Waals surface area contributed by atoms with Gasteiger partial charge in [0.1, 0.15) is 0 Å². The Morgan fingerprint density at radius 1 is 1.15 bits per heavy atom. The van der Waals surface area contributed by atoms with E-state index in [4.69, 9.17) is 5.84 Å². The van der Waals surface area contributed by atoms with Crippen LogP contribution < -0.4 is 11.3 Å². The summed E-state index contributed by atoms with van der Waals surface area (Å²) in [5, 5.41) is 0. The second-order valence-corrected chi connectivity index (χ2v) is 5.92. The van der Waals surface area contributed by atoms with E-state index in [0.717, 1.165) is 12.8 Å². The number of hydrogen-bond donors (Lipinski definition) is 2. The summed E-state index contributed by atoms with van der Waals surface area (Å²) in [6, 6.07) is 9.00. The van der Waals surface area contributed by atoms with Gasteiger partial charge in [-0.15, -0.1) is 0 Å². The van der Waals surface area contributed by atoms with Crippen LogP contribution in [0.2, 0.25) is 0 Å². The van der Waals surface area contributed by atoms with Crippen LogP contribution in [0.15, 0.2) is 35.9 Å². The highest BCUT2D eigenvalue weighted by molar-refractivity contribution is 5.26. The molecular weight excluding hydrogens is 244 g/mol. The van der Waals surface area contributed by atoms with Crippen LogP contribution in [-0.4, -0.2) is 6.04 Å². The lowest BCUT2D eigenvalue weighted by Gasteiger charge is -2.22. The molecular formula is C18H28N2. The van der Waals surface area contributed by atoms with Crippen molar-refractivity contribution in [2.75, 3.05) is 0 Å². The summed E-state index contributed by atoms with van der Waals surface area (Å²) in [6.07, 6.45) is 12.4. The Labute approximate surface area is 123 Å². The molecule has 0 spiro atoms. The van der Waals surface area contributed by atoms with E-state index < -0.39 is 0 Å². The van der Waals surface area contributed by atoms with Gasteiger partial charge in [0.15, 0.2) is 0 Å². The zero-order valence-electron chi connectivity index (χ0n) is 12.7. The predicted octanol–water partition coefficient (Wildman–Crippen LogP) is 4.04. The minimum Gasteiger partial charge on any atom is -0.271 e. The van der Waals surface area contributed by atoms with E-state index in [2.05, 4.69) is 42.7 Å². The first kappa shape index (κ1) is 15.3. The highest BCUT2D eigenvalue weighted by Gasteiger charge is 2.14. The second-order valence-electron chi connectivity index (χ2n) is 5.92. The molecule has 0 radical (unpaired) electrons. The van der Waals surface area contributed by atoms with Crippen LogP contribution in [0.25, 0.3) is 0 Å². The monoisotopic (exact) mass is 272 g/mol. The molecule has 3 N–H and O–H groups in total. The Balaban J connectivity index is 1.96. The Bertz CT molecular complexity index is 437. The lowest BCUT2D eigenvalue weighted by atomic mass is 9.91. The third-order valence-electron chi connectivity index (χ3n) is 4.44. The van der Waals surface area contributed by atoms with Gasteiger partial charge in [-0.2, -0.15) is 0 Å². The number of hydrogen-bond acceptors (Lipinski definition) is 2. The van der Waals surface area contributed by atoms with E-state index in [1.165, 1.54) is 55.2 Å². The smallest absolute Gasteiger partial charge is 0.0422 e. The van der Waals surface area contributed by atoms with Crippen LogP contribution in [0.3, 0.4) is 0 Å². The number of benzene rings is 1. The van der Waals surface area contributed by atoms with Crippen LogP contribution >= 0.6 is 0 Å². The average molecular weight is 272 g/mol. The molecule has 2 heteroatoms. The Hall–Kier alpha value is -1.12. The normalized spacial score (nSPS) is 20.6. The maximum absolute atomic E-state index is 5.81. The van der Waals surface area contributed by atoms with Crippen molar-refractivity contribution in [3.05, 3.63) is 47.0 Å². The van der Waals surface area contributed by atoms with E-state index in [0.29, 0.717) is 6.04 Å². The molecule has 0 saturated carbocycles. The van der Waals surface area contributed by atoms with Gasteiger partial charge in [0.25, 0.3) is 0 Å². The van der Waals surface area contributed by atoms with Gasteiger partial charge >= 0.3 is 0 Å². The summed E-state index contributed by atoms with van der Waals surface area (Å²) in [5.74, 6) is 5.81. The summed E-state index contributed by atoms with van der Waals surface area (Å²) >= 11 is 0. The quantitative estimate of drug-likeness (QED) is 0.482. The highest BCUT2D eigenvalue weighted by Crippen LogP contribution is 2.22. The average Bonchev–Trinajstić information content (AvgIpc) is 2.42. The first-order valence-corrected chi connectivity index (χ1v) is 8.01. The molecule has 110 valence electrons. The van der Waals surface area contributed by atoms with E-state index in [-0.39, 0.29) is 0 Å². The SMILES string of the molecule is Cc1ccccc1CCC(NN)/C1=C/CCCCCC1. The Morgan fingerprint density at radius 2 is 1.95 bits per heavy atom. The number of rotatable bonds is 5. The molecule has 0 aliphatic heterocycles. The Kier molecular flexibility index (Phi) is 6.28. The first-order chi connectivity index (χ1) is 9.81. The summed E-state index contributed by atoms with van der Waals surface area (Å²) < 4.78 is 0. The molecule has 2 rings (SSSR count). The summed E-state index contributed by atoms with van der Waals surface area (Å²) in [5.41, 5.74) is 7.40. The van der Waals surface area contributed by atoms with Crippen molar-refractivity contribution in [1.82, 2.24) is 5.43 Å². The van der Waals surface area contributed by atoms with Crippen LogP contribution in [0, 0.1) is 6.92 Å². The van der Waals surface area contributed by atoms with Crippen molar-refractivity contribution >= 4 is 0 Å². The fourth-order valence-corrected chi connectivity index (χ4v) is 3.10. The van der Waals surface area contributed by atoms with Gasteiger partial charge in [0.2, 0.25) is 0 Å². The predicted molar refractivity (Wildman–Crippen MR) is 86.4 cm³/mol. The molecule has 1 aliphatic carbocycles. The number of allylic oxidation sites excluding steroid dienone is 1. The summed E-state index contributed by atoms with van der Waals surface area (Å²) in [6.45, 7) is 2.19. The Morgan fingerprint density at radius 3 is 2.75 bits per heavy atom. The topological polar surface area (TPSA) is 38.0 Å². The molecule has 1 aromatic carbocycles. The third kappa shape index (κ3) is 4.46. The number of nitrogens with one attached hydrogen (secondary N) is 1. The van der Waals surface area contributed by atoms with Crippen LogP contribution in [0.4, 0.5) is 0 Å². The largest absolute Gasteiger partial charge is 0.271 e. The van der Waals surface area contributed by atoms with Crippen molar-refractivity contribution in [1.29, 1.82) is 0 Å². The van der Waals surface area contributed by atoms with E-state index in [9.17, 15) is 0 Å². The maximum Gasteiger partial charge on any atom is 0.0422 e. The number of aryl methyl sites for hydroxylation is 2. The van der Waals surface area contributed by atoms with Crippen LogP contribution in [-0.2, 0) is 6.42 Å². The molecule has 0 saturated heterocycles. The lowest BCUT2D eigenvalue weighted by Crippen LogP contribution is -2.37. The van der Waals surface area contributed by atoms with Gasteiger partial charge in [-0.05, 0) is 56.6 Å². The van der Waals surface area contributed by atoms with Crippen molar-refractivity contribution in [3.63, 3.8) is 0 Å². The molecule has 20 heavy (non-hydrogen) atoms. The minimum atomic E-state index is 0.340.